The maximum Gasteiger partial charge on any atom is 0.293 e. The highest BCUT2D eigenvalue weighted by Crippen LogP contribution is 2.39. The summed E-state index contributed by atoms with van der Waals surface area (Å²) in [7, 11) is 0. The van der Waals surface area contributed by atoms with Crippen LogP contribution in [0.15, 0.2) is 34.7 Å². The van der Waals surface area contributed by atoms with Crippen LogP contribution in [-0.4, -0.2) is 11.0 Å². The fraction of sp³-hybridized carbons (Fsp3) is 0.227. The number of nitrogens with one attached hydrogen (secondary N) is 2. The third-order valence-electron chi connectivity index (χ3n) is 5.10. The predicted molar refractivity (Wildman–Crippen MR) is 128 cm³/mol. The zero-order valence-electron chi connectivity index (χ0n) is 16.4. The Bertz CT molecular complexity index is 1230. The molecule has 3 aromatic rings. The monoisotopic (exact) mass is 489 g/mol. The van der Waals surface area contributed by atoms with Crippen molar-refractivity contribution in [1.82, 2.24) is 5.32 Å². The van der Waals surface area contributed by atoms with Gasteiger partial charge in [-0.3, -0.25) is 10.1 Å². The van der Waals surface area contributed by atoms with E-state index in [1.807, 2.05) is 0 Å². The Morgan fingerprint density at radius 1 is 1.32 bits per heavy atom. The first-order chi connectivity index (χ1) is 14.9. The van der Waals surface area contributed by atoms with E-state index in [-0.39, 0.29) is 10.9 Å². The first-order valence-electron chi connectivity index (χ1n) is 9.58. The Morgan fingerprint density at radius 2 is 2.13 bits per heavy atom. The second-order valence-corrected chi connectivity index (χ2v) is 9.72. The van der Waals surface area contributed by atoms with Crippen LogP contribution in [0.2, 0.25) is 10.0 Å². The molecular formula is C22H17Cl2N3O2S2. The summed E-state index contributed by atoms with van der Waals surface area (Å²) >= 11 is 19.0. The van der Waals surface area contributed by atoms with E-state index >= 15 is 0 Å². The molecule has 0 spiro atoms. The van der Waals surface area contributed by atoms with Crippen molar-refractivity contribution < 1.29 is 9.21 Å². The Morgan fingerprint density at radius 3 is 2.90 bits per heavy atom. The Labute approximate surface area is 199 Å². The second kappa shape index (κ2) is 9.01. The molecule has 0 saturated heterocycles. The summed E-state index contributed by atoms with van der Waals surface area (Å²) in [6, 6.07) is 10.5. The van der Waals surface area contributed by atoms with Gasteiger partial charge in [0.05, 0.1) is 10.6 Å². The minimum absolute atomic E-state index is 0.0787. The van der Waals surface area contributed by atoms with E-state index in [1.54, 1.807) is 24.3 Å². The van der Waals surface area contributed by atoms with Gasteiger partial charge in [-0.1, -0.05) is 30.1 Å². The summed E-state index contributed by atoms with van der Waals surface area (Å²) in [5, 5.41) is 16.9. The number of thiophene rings is 1. The van der Waals surface area contributed by atoms with Gasteiger partial charge in [-0.05, 0) is 73.3 Å². The van der Waals surface area contributed by atoms with Gasteiger partial charge in [0.1, 0.15) is 16.8 Å². The molecule has 0 aliphatic heterocycles. The van der Waals surface area contributed by atoms with E-state index < -0.39 is 5.91 Å². The van der Waals surface area contributed by atoms with Gasteiger partial charge in [0, 0.05) is 15.5 Å². The maximum atomic E-state index is 12.6. The van der Waals surface area contributed by atoms with Crippen LogP contribution in [0.5, 0.6) is 0 Å². The fourth-order valence-corrected chi connectivity index (χ4v) is 5.55. The molecule has 0 bridgehead atoms. The van der Waals surface area contributed by atoms with E-state index in [4.69, 9.17) is 39.8 Å². The summed E-state index contributed by atoms with van der Waals surface area (Å²) in [6.07, 6.45) is 2.91. The van der Waals surface area contributed by atoms with E-state index in [1.165, 1.54) is 22.3 Å². The minimum Gasteiger partial charge on any atom is -0.451 e. The normalized spacial score (nSPS) is 15.1. The molecular weight excluding hydrogens is 473 g/mol. The van der Waals surface area contributed by atoms with Crippen molar-refractivity contribution in [2.24, 2.45) is 5.92 Å². The molecule has 0 fully saturated rings. The Kier molecular flexibility index (Phi) is 6.35. The summed E-state index contributed by atoms with van der Waals surface area (Å²) < 4.78 is 5.65. The SMILES string of the molecule is C[C@@H]1CCc2c(sc(NC(=S)NC(=O)c3ccc(-c4cc(Cl)ccc4Cl)o3)c2C#N)C1. The van der Waals surface area contributed by atoms with Crippen LogP contribution >= 0.6 is 46.8 Å². The number of halogens is 2. The van der Waals surface area contributed by atoms with Crippen molar-refractivity contribution >= 4 is 62.8 Å². The number of rotatable bonds is 3. The van der Waals surface area contributed by atoms with Crippen LogP contribution in [0.3, 0.4) is 0 Å². The predicted octanol–water partition coefficient (Wildman–Crippen LogP) is 6.44. The number of benzene rings is 1. The lowest BCUT2D eigenvalue weighted by Crippen LogP contribution is -2.33. The molecule has 1 aromatic carbocycles. The van der Waals surface area contributed by atoms with Crippen LogP contribution in [0, 0.1) is 17.2 Å². The van der Waals surface area contributed by atoms with Crippen molar-refractivity contribution in [3.8, 4) is 17.4 Å². The number of amides is 1. The molecule has 1 amide bonds. The lowest BCUT2D eigenvalue weighted by molar-refractivity contribution is 0.0951. The van der Waals surface area contributed by atoms with Gasteiger partial charge in [0.2, 0.25) is 0 Å². The summed E-state index contributed by atoms with van der Waals surface area (Å²) in [5.74, 6) is 0.590. The molecule has 0 unspecified atom stereocenters. The number of anilines is 1. The average Bonchev–Trinajstić information content (AvgIpc) is 3.34. The van der Waals surface area contributed by atoms with E-state index in [0.29, 0.717) is 37.9 Å². The lowest BCUT2D eigenvalue weighted by atomic mass is 9.89. The Balaban J connectivity index is 1.47. The molecule has 2 N–H and O–H groups in total. The summed E-state index contributed by atoms with van der Waals surface area (Å²) in [4.78, 5) is 13.8. The molecule has 1 aliphatic rings. The van der Waals surface area contributed by atoms with Crippen LogP contribution in [0.1, 0.15) is 39.9 Å². The number of hydrogen-bond donors (Lipinski definition) is 2. The van der Waals surface area contributed by atoms with Gasteiger partial charge in [0.15, 0.2) is 10.9 Å². The largest absolute Gasteiger partial charge is 0.451 e. The van der Waals surface area contributed by atoms with Crippen LogP contribution in [-0.2, 0) is 12.8 Å². The number of thiocarbonyl (C=S) groups is 1. The van der Waals surface area contributed by atoms with Gasteiger partial charge in [0.25, 0.3) is 5.91 Å². The molecule has 31 heavy (non-hydrogen) atoms. The molecule has 0 radical (unpaired) electrons. The lowest BCUT2D eigenvalue weighted by Gasteiger charge is -2.17. The van der Waals surface area contributed by atoms with Crippen molar-refractivity contribution in [3.63, 3.8) is 0 Å². The van der Waals surface area contributed by atoms with Crippen LogP contribution in [0.4, 0.5) is 5.00 Å². The molecule has 1 aliphatic carbocycles. The van der Waals surface area contributed by atoms with Gasteiger partial charge in [-0.2, -0.15) is 5.26 Å². The average molecular weight is 490 g/mol. The highest BCUT2D eigenvalue weighted by Gasteiger charge is 2.24. The van der Waals surface area contributed by atoms with Gasteiger partial charge < -0.3 is 9.73 Å². The Hall–Kier alpha value is -2.37. The van der Waals surface area contributed by atoms with E-state index in [2.05, 4.69) is 23.6 Å². The van der Waals surface area contributed by atoms with Crippen LogP contribution < -0.4 is 10.6 Å². The van der Waals surface area contributed by atoms with Gasteiger partial charge in [-0.15, -0.1) is 11.3 Å². The number of carbonyl (C=O) groups is 1. The molecule has 2 heterocycles. The second-order valence-electron chi connectivity index (χ2n) is 7.36. The maximum absolute atomic E-state index is 12.6. The van der Waals surface area contributed by atoms with E-state index in [0.717, 1.165) is 24.8 Å². The molecule has 1 atom stereocenters. The molecule has 4 rings (SSSR count). The van der Waals surface area contributed by atoms with E-state index in [9.17, 15) is 10.1 Å². The van der Waals surface area contributed by atoms with Gasteiger partial charge in [-0.25, -0.2) is 0 Å². The van der Waals surface area contributed by atoms with Gasteiger partial charge >= 0.3 is 0 Å². The number of fused-ring (bicyclic) bond motifs is 1. The van der Waals surface area contributed by atoms with Crippen LogP contribution in [0.25, 0.3) is 11.3 Å². The highest BCUT2D eigenvalue weighted by atomic mass is 35.5. The highest BCUT2D eigenvalue weighted by molar-refractivity contribution is 7.80. The first-order valence-corrected chi connectivity index (χ1v) is 11.6. The summed E-state index contributed by atoms with van der Waals surface area (Å²) in [6.45, 7) is 2.21. The van der Waals surface area contributed by atoms with Crippen molar-refractivity contribution in [2.45, 2.75) is 26.2 Å². The number of carbonyl (C=O) groups excluding carboxylic acids is 1. The fourth-order valence-electron chi connectivity index (χ4n) is 3.55. The molecule has 2 aromatic heterocycles. The zero-order chi connectivity index (χ0) is 22.1. The molecule has 9 heteroatoms. The third-order valence-corrected chi connectivity index (χ3v) is 7.04. The minimum atomic E-state index is -0.504. The smallest absolute Gasteiger partial charge is 0.293 e. The standard InChI is InChI=1S/C22H17Cl2N3O2S2/c1-11-2-4-13-15(10-25)21(31-19(13)8-11)27-22(30)26-20(28)18-7-6-17(29-18)14-9-12(23)3-5-16(14)24/h3,5-7,9,11H,2,4,8H2,1H3,(H2,26,27,28,30)/t11-/m1/s1. The first kappa shape index (κ1) is 21.8. The topological polar surface area (TPSA) is 78.1 Å². The molecule has 158 valence electrons. The molecule has 5 nitrogen and oxygen atoms in total. The number of nitrogens with zero attached hydrogens (tertiary/aromatic N) is 1. The number of hydrogen-bond acceptors (Lipinski definition) is 5. The third kappa shape index (κ3) is 4.63. The van der Waals surface area contributed by atoms with Crippen molar-refractivity contribution in [1.29, 1.82) is 5.26 Å². The zero-order valence-corrected chi connectivity index (χ0v) is 19.6. The quantitative estimate of drug-likeness (QED) is 0.413. The summed E-state index contributed by atoms with van der Waals surface area (Å²) in [5.41, 5.74) is 2.29. The van der Waals surface area contributed by atoms with Crippen molar-refractivity contribution in [2.75, 3.05) is 5.32 Å². The van der Waals surface area contributed by atoms with Crippen molar-refractivity contribution in [3.05, 3.63) is 62.1 Å². The number of furan rings is 1. The number of nitriles is 1. The molecule has 0 saturated carbocycles.